The summed E-state index contributed by atoms with van der Waals surface area (Å²) in [5.41, 5.74) is 1.74. The zero-order valence-electron chi connectivity index (χ0n) is 22.1. The summed E-state index contributed by atoms with van der Waals surface area (Å²) >= 11 is 0. The van der Waals surface area contributed by atoms with Crippen LogP contribution in [0.1, 0.15) is 98.3 Å². The highest BCUT2D eigenvalue weighted by atomic mass is 28.2. The van der Waals surface area contributed by atoms with Crippen molar-refractivity contribution < 1.29 is 9.16 Å². The molecule has 0 aliphatic carbocycles. The highest BCUT2D eigenvalue weighted by molar-refractivity contribution is 6.28. The number of rotatable bonds is 19. The molecule has 0 saturated heterocycles. The van der Waals surface area contributed by atoms with Crippen molar-refractivity contribution in [1.82, 2.24) is 15.2 Å². The molecule has 0 radical (unpaired) electrons. The summed E-state index contributed by atoms with van der Waals surface area (Å²) in [6.07, 6.45) is 16.0. The van der Waals surface area contributed by atoms with Gasteiger partial charge >= 0.3 is 0 Å². The predicted molar refractivity (Wildman–Crippen MR) is 145 cm³/mol. The Hall–Kier alpha value is -1.95. The van der Waals surface area contributed by atoms with Crippen molar-refractivity contribution in [3.63, 3.8) is 0 Å². The Morgan fingerprint density at radius 1 is 0.765 bits per heavy atom. The zero-order valence-corrected chi connectivity index (χ0v) is 23.5. The number of hydrogen-bond acceptors (Lipinski definition) is 5. The van der Waals surface area contributed by atoms with E-state index in [9.17, 15) is 0 Å². The molecule has 2 aromatic rings. The third-order valence-corrected chi connectivity index (χ3v) is 8.20. The third-order valence-electron chi connectivity index (χ3n) is 6.48. The molecule has 190 valence electrons. The first-order chi connectivity index (χ1) is 16.6. The molecular formula is C28H47N3O2Si. The molecule has 2 atom stereocenters. The standard InChI is InChI=1S/C28H47N3O2Si/c1-5-7-9-10-11-12-20-32-27-18-16-25(21-29-27)26-17-19-28(31-30-26)33-34-22-24(4)15-14-23(3)13-8-6-2/h16-19,21,23-24H,5-15,20,22,34H2,1-4H3. The molecule has 0 N–H and O–H groups in total. The van der Waals surface area contributed by atoms with Crippen molar-refractivity contribution in [1.29, 1.82) is 0 Å². The molecule has 0 aliphatic heterocycles. The van der Waals surface area contributed by atoms with Crippen LogP contribution in [0.2, 0.25) is 6.04 Å². The van der Waals surface area contributed by atoms with Crippen molar-refractivity contribution >= 4 is 9.76 Å². The summed E-state index contributed by atoms with van der Waals surface area (Å²) < 4.78 is 11.7. The summed E-state index contributed by atoms with van der Waals surface area (Å²) in [4.78, 5) is 4.43. The molecule has 0 aliphatic rings. The molecule has 2 heterocycles. The number of ether oxygens (including phenoxy) is 1. The van der Waals surface area contributed by atoms with Crippen LogP contribution < -0.4 is 9.16 Å². The molecule has 0 aromatic carbocycles. The summed E-state index contributed by atoms with van der Waals surface area (Å²) in [5, 5.41) is 8.62. The smallest absolute Gasteiger partial charge is 0.221 e. The Bertz CT molecular complexity index is 755. The quantitative estimate of drug-likeness (QED) is 0.153. The monoisotopic (exact) mass is 485 g/mol. The number of hydrogen-bond donors (Lipinski definition) is 0. The van der Waals surface area contributed by atoms with E-state index >= 15 is 0 Å². The summed E-state index contributed by atoms with van der Waals surface area (Å²) in [6.45, 7) is 9.98. The molecule has 0 saturated carbocycles. The van der Waals surface area contributed by atoms with Crippen LogP contribution in [0.4, 0.5) is 0 Å². The number of unbranched alkanes of at least 4 members (excludes halogenated alkanes) is 6. The molecule has 2 unspecified atom stereocenters. The number of nitrogens with zero attached hydrogens (tertiary/aromatic N) is 3. The third kappa shape index (κ3) is 12.0. The minimum atomic E-state index is -0.624. The van der Waals surface area contributed by atoms with Gasteiger partial charge in [-0.1, -0.05) is 91.9 Å². The van der Waals surface area contributed by atoms with Gasteiger partial charge in [-0.2, -0.15) is 0 Å². The fourth-order valence-corrected chi connectivity index (χ4v) is 5.17. The largest absolute Gasteiger partial charge is 0.535 e. The topological polar surface area (TPSA) is 57.1 Å². The van der Waals surface area contributed by atoms with E-state index in [1.54, 1.807) is 6.20 Å². The lowest BCUT2D eigenvalue weighted by Gasteiger charge is -2.15. The average molecular weight is 486 g/mol. The van der Waals surface area contributed by atoms with E-state index in [0.29, 0.717) is 11.8 Å². The van der Waals surface area contributed by atoms with Crippen LogP contribution in [0.3, 0.4) is 0 Å². The second kappa shape index (κ2) is 17.5. The Morgan fingerprint density at radius 2 is 1.50 bits per heavy atom. The van der Waals surface area contributed by atoms with Gasteiger partial charge in [0.05, 0.1) is 12.3 Å². The van der Waals surface area contributed by atoms with E-state index in [2.05, 4.69) is 42.9 Å². The average Bonchev–Trinajstić information content (AvgIpc) is 2.86. The molecule has 5 nitrogen and oxygen atoms in total. The molecule has 0 bridgehead atoms. The van der Waals surface area contributed by atoms with E-state index < -0.39 is 9.76 Å². The summed E-state index contributed by atoms with van der Waals surface area (Å²) in [6, 6.07) is 8.98. The van der Waals surface area contributed by atoms with Gasteiger partial charge in [-0.05, 0) is 36.4 Å². The van der Waals surface area contributed by atoms with Crippen LogP contribution in [0.5, 0.6) is 11.8 Å². The maximum atomic E-state index is 5.97. The van der Waals surface area contributed by atoms with Crippen LogP contribution in [0, 0.1) is 11.8 Å². The fourth-order valence-electron chi connectivity index (χ4n) is 4.00. The first kappa shape index (κ1) is 28.3. The van der Waals surface area contributed by atoms with Gasteiger partial charge in [-0.3, -0.25) is 0 Å². The molecule has 0 fully saturated rings. The van der Waals surface area contributed by atoms with E-state index in [0.717, 1.165) is 36.1 Å². The molecule has 0 amide bonds. The maximum Gasteiger partial charge on any atom is 0.221 e. The Balaban J connectivity index is 1.66. The van der Waals surface area contributed by atoms with Crippen LogP contribution in [-0.4, -0.2) is 31.6 Å². The zero-order chi connectivity index (χ0) is 24.4. The second-order valence-corrected chi connectivity index (χ2v) is 11.1. The molecule has 6 heteroatoms. The first-order valence-corrected chi connectivity index (χ1v) is 15.3. The van der Waals surface area contributed by atoms with Gasteiger partial charge in [0.2, 0.25) is 21.5 Å². The van der Waals surface area contributed by atoms with E-state index in [-0.39, 0.29) is 0 Å². The van der Waals surface area contributed by atoms with Gasteiger partial charge in [0.15, 0.2) is 0 Å². The van der Waals surface area contributed by atoms with Crippen LogP contribution in [0.15, 0.2) is 30.5 Å². The molecule has 2 aromatic heterocycles. The minimum absolute atomic E-state index is 0.624. The van der Waals surface area contributed by atoms with Crippen LogP contribution in [-0.2, 0) is 0 Å². The fraction of sp³-hybridized carbons (Fsp3) is 0.679. The van der Waals surface area contributed by atoms with Gasteiger partial charge in [0.25, 0.3) is 0 Å². The minimum Gasteiger partial charge on any atom is -0.535 e. The number of aromatic nitrogens is 3. The molecule has 2 rings (SSSR count). The van der Waals surface area contributed by atoms with Gasteiger partial charge in [0, 0.05) is 23.9 Å². The SMILES string of the molecule is CCCCCCCCOc1ccc(-c2ccc(O[SiH2]CC(C)CCC(C)CCCC)nn2)cn1. The first-order valence-electron chi connectivity index (χ1n) is 13.7. The Kier molecular flexibility index (Phi) is 14.5. The van der Waals surface area contributed by atoms with Gasteiger partial charge in [-0.15, -0.1) is 10.2 Å². The number of pyridine rings is 1. The van der Waals surface area contributed by atoms with E-state index in [4.69, 9.17) is 9.16 Å². The maximum absolute atomic E-state index is 5.97. The Morgan fingerprint density at radius 3 is 2.21 bits per heavy atom. The molecule has 34 heavy (non-hydrogen) atoms. The lowest BCUT2D eigenvalue weighted by molar-refractivity contribution is 0.293. The van der Waals surface area contributed by atoms with Gasteiger partial charge in [-0.25, -0.2) is 4.98 Å². The second-order valence-electron chi connectivity index (χ2n) is 9.83. The lowest BCUT2D eigenvalue weighted by atomic mass is 9.95. The van der Waals surface area contributed by atoms with Crippen LogP contribution >= 0.6 is 0 Å². The highest BCUT2D eigenvalue weighted by Gasteiger charge is 2.09. The van der Waals surface area contributed by atoms with Crippen molar-refractivity contribution in [2.24, 2.45) is 11.8 Å². The van der Waals surface area contributed by atoms with Crippen molar-refractivity contribution in [2.75, 3.05) is 6.61 Å². The van der Waals surface area contributed by atoms with E-state index in [1.807, 2.05) is 24.3 Å². The Labute approximate surface area is 210 Å². The predicted octanol–water partition coefficient (Wildman–Crippen LogP) is 7.40. The summed E-state index contributed by atoms with van der Waals surface area (Å²) in [7, 11) is -0.624. The normalized spacial score (nSPS) is 13.3. The van der Waals surface area contributed by atoms with Gasteiger partial charge < -0.3 is 9.16 Å². The van der Waals surface area contributed by atoms with Crippen LogP contribution in [0.25, 0.3) is 11.3 Å². The molecular weight excluding hydrogens is 438 g/mol. The highest BCUT2D eigenvalue weighted by Crippen LogP contribution is 2.21. The van der Waals surface area contributed by atoms with Crippen molar-refractivity contribution in [3.05, 3.63) is 30.5 Å². The van der Waals surface area contributed by atoms with Crippen molar-refractivity contribution in [3.8, 4) is 23.0 Å². The molecule has 0 spiro atoms. The van der Waals surface area contributed by atoms with Gasteiger partial charge in [0.1, 0.15) is 0 Å². The lowest BCUT2D eigenvalue weighted by Crippen LogP contribution is -2.09. The van der Waals surface area contributed by atoms with E-state index in [1.165, 1.54) is 70.3 Å². The summed E-state index contributed by atoms with van der Waals surface area (Å²) in [5.74, 6) is 2.89. The van der Waals surface area contributed by atoms with Crippen molar-refractivity contribution in [2.45, 2.75) is 104 Å².